The summed E-state index contributed by atoms with van der Waals surface area (Å²) in [5.74, 6) is -3.81. The Balaban J connectivity index is 3.09. The lowest BCUT2D eigenvalue weighted by molar-refractivity contribution is -0.140. The zero-order valence-electron chi connectivity index (χ0n) is 10.1. The van der Waals surface area contributed by atoms with Gasteiger partial charge in [-0.25, -0.2) is 13.2 Å². The maximum atomic E-state index is 13.5. The summed E-state index contributed by atoms with van der Waals surface area (Å²) < 4.78 is 76.9. The lowest BCUT2D eigenvalue weighted by Crippen LogP contribution is -2.29. The first-order valence-electron chi connectivity index (χ1n) is 5.69. The molecule has 0 saturated heterocycles. The van der Waals surface area contributed by atoms with E-state index >= 15 is 0 Å². The number of hydrogen-bond acceptors (Lipinski definition) is 1. The van der Waals surface area contributed by atoms with Gasteiger partial charge in [-0.05, 0) is 13.0 Å². The smallest absolute Gasteiger partial charge is 0.309 e. The number of alkyl halides is 3. The lowest BCUT2D eigenvalue weighted by atomic mass is 10.0. The molecular weight excluding hydrogens is 272 g/mol. The molecule has 19 heavy (non-hydrogen) atoms. The Hall–Kier alpha value is -1.24. The van der Waals surface area contributed by atoms with Gasteiger partial charge in [0.05, 0.1) is 6.42 Å². The predicted octanol–water partition coefficient (Wildman–Crippen LogP) is 4.10. The molecule has 1 aromatic carbocycles. The van der Waals surface area contributed by atoms with Gasteiger partial charge in [0.15, 0.2) is 0 Å². The molecule has 0 aromatic heterocycles. The van der Waals surface area contributed by atoms with Crippen LogP contribution >= 0.6 is 0 Å². The van der Waals surface area contributed by atoms with E-state index in [1.807, 2.05) is 0 Å². The number of rotatable bonds is 5. The van der Waals surface area contributed by atoms with Crippen molar-refractivity contribution < 1.29 is 26.3 Å². The molecule has 0 aliphatic rings. The van der Waals surface area contributed by atoms with Crippen LogP contribution in [0.5, 0.6) is 0 Å². The molecule has 0 aliphatic heterocycles. The van der Waals surface area contributed by atoms with Crippen LogP contribution in [-0.2, 0) is 0 Å². The molecule has 0 radical (unpaired) electrons. The first kappa shape index (κ1) is 15.8. The molecule has 0 spiro atoms. The Morgan fingerprint density at radius 2 is 1.63 bits per heavy atom. The second kappa shape index (κ2) is 6.27. The van der Waals surface area contributed by atoms with Crippen LogP contribution in [0.4, 0.5) is 26.3 Å². The number of hydrogen-bond donors (Lipinski definition) is 1. The molecule has 1 unspecified atom stereocenters. The average Bonchev–Trinajstić information content (AvgIpc) is 2.22. The van der Waals surface area contributed by atoms with Gasteiger partial charge >= 0.3 is 6.18 Å². The van der Waals surface area contributed by atoms with Crippen LogP contribution in [0.1, 0.15) is 31.4 Å². The van der Waals surface area contributed by atoms with Crippen LogP contribution in [-0.4, -0.2) is 12.7 Å². The van der Waals surface area contributed by atoms with Crippen LogP contribution < -0.4 is 5.32 Å². The summed E-state index contributed by atoms with van der Waals surface area (Å²) >= 11 is 0. The molecule has 108 valence electrons. The van der Waals surface area contributed by atoms with E-state index in [1.54, 1.807) is 6.92 Å². The van der Waals surface area contributed by atoms with E-state index in [1.165, 1.54) is 0 Å². The van der Waals surface area contributed by atoms with Crippen LogP contribution in [0.25, 0.3) is 0 Å². The third-order valence-electron chi connectivity index (χ3n) is 2.47. The monoisotopic (exact) mass is 285 g/mol. The summed E-state index contributed by atoms with van der Waals surface area (Å²) in [4.78, 5) is 0. The highest BCUT2D eigenvalue weighted by Gasteiger charge is 2.34. The molecule has 0 amide bonds. The van der Waals surface area contributed by atoms with Crippen molar-refractivity contribution in [1.82, 2.24) is 5.32 Å². The van der Waals surface area contributed by atoms with Crippen LogP contribution in [0, 0.1) is 17.5 Å². The molecule has 0 aliphatic carbocycles. The summed E-state index contributed by atoms with van der Waals surface area (Å²) in [6.45, 7) is 1.87. The van der Waals surface area contributed by atoms with E-state index in [4.69, 9.17) is 0 Å². The summed E-state index contributed by atoms with van der Waals surface area (Å²) in [5, 5.41) is 2.42. The van der Waals surface area contributed by atoms with Gasteiger partial charge in [0, 0.05) is 23.7 Å². The summed E-state index contributed by atoms with van der Waals surface area (Å²) in [6.07, 6.45) is -5.51. The highest BCUT2D eigenvalue weighted by molar-refractivity contribution is 5.24. The van der Waals surface area contributed by atoms with Gasteiger partial charge in [0.2, 0.25) is 0 Å². The lowest BCUT2D eigenvalue weighted by Gasteiger charge is -2.21. The van der Waals surface area contributed by atoms with Crippen molar-refractivity contribution in [3.63, 3.8) is 0 Å². The van der Waals surface area contributed by atoms with E-state index in [2.05, 4.69) is 5.32 Å². The Labute approximate surface area is 106 Å². The number of halogens is 6. The maximum Gasteiger partial charge on any atom is 0.390 e. The van der Waals surface area contributed by atoms with Gasteiger partial charge in [-0.3, -0.25) is 0 Å². The molecule has 0 saturated carbocycles. The fourth-order valence-corrected chi connectivity index (χ4v) is 1.71. The minimum absolute atomic E-state index is 0.164. The van der Waals surface area contributed by atoms with Gasteiger partial charge in [-0.1, -0.05) is 6.92 Å². The van der Waals surface area contributed by atoms with Gasteiger partial charge in [-0.2, -0.15) is 13.2 Å². The number of nitrogens with one attached hydrogen (secondary N) is 1. The molecule has 7 heteroatoms. The fourth-order valence-electron chi connectivity index (χ4n) is 1.71. The van der Waals surface area contributed by atoms with Crippen molar-refractivity contribution in [2.45, 2.75) is 32.0 Å². The summed E-state index contributed by atoms with van der Waals surface area (Å²) in [6, 6.07) is -0.828. The van der Waals surface area contributed by atoms with E-state index in [9.17, 15) is 26.3 Å². The molecule has 0 heterocycles. The SMILES string of the molecule is CCCNC(CC(F)(F)F)c1c(F)cc(F)cc1F. The van der Waals surface area contributed by atoms with Gasteiger partial charge in [0.25, 0.3) is 0 Å². The number of benzene rings is 1. The minimum Gasteiger partial charge on any atom is -0.309 e. The Morgan fingerprint density at radius 3 is 2.05 bits per heavy atom. The predicted molar refractivity (Wildman–Crippen MR) is 58.0 cm³/mol. The maximum absolute atomic E-state index is 13.5. The highest BCUT2D eigenvalue weighted by atomic mass is 19.4. The topological polar surface area (TPSA) is 12.0 Å². The van der Waals surface area contributed by atoms with Crippen molar-refractivity contribution in [3.05, 3.63) is 35.1 Å². The standard InChI is InChI=1S/C12H13F6N/c1-2-3-19-10(6-12(16,17)18)11-8(14)4-7(13)5-9(11)15/h4-5,10,19H,2-3,6H2,1H3. The van der Waals surface area contributed by atoms with Gasteiger partial charge < -0.3 is 5.32 Å². The highest BCUT2D eigenvalue weighted by Crippen LogP contribution is 2.32. The Bertz CT molecular complexity index is 406. The second-order valence-corrected chi connectivity index (χ2v) is 4.11. The van der Waals surface area contributed by atoms with E-state index in [0.29, 0.717) is 18.6 Å². The van der Waals surface area contributed by atoms with Crippen LogP contribution in [0.3, 0.4) is 0 Å². The molecule has 1 aromatic rings. The molecule has 1 N–H and O–H groups in total. The van der Waals surface area contributed by atoms with Crippen molar-refractivity contribution in [2.75, 3.05) is 6.54 Å². The molecular formula is C12H13F6N. The van der Waals surface area contributed by atoms with Crippen molar-refractivity contribution in [1.29, 1.82) is 0 Å². The quantitative estimate of drug-likeness (QED) is 0.803. The van der Waals surface area contributed by atoms with E-state index in [-0.39, 0.29) is 6.54 Å². The molecule has 0 bridgehead atoms. The third kappa shape index (κ3) is 4.74. The van der Waals surface area contributed by atoms with Gasteiger partial charge in [0.1, 0.15) is 17.5 Å². The first-order chi connectivity index (χ1) is 8.74. The van der Waals surface area contributed by atoms with Crippen molar-refractivity contribution in [3.8, 4) is 0 Å². The average molecular weight is 285 g/mol. The second-order valence-electron chi connectivity index (χ2n) is 4.11. The van der Waals surface area contributed by atoms with E-state index < -0.39 is 41.7 Å². The zero-order chi connectivity index (χ0) is 14.6. The normalized spacial score (nSPS) is 13.6. The van der Waals surface area contributed by atoms with Gasteiger partial charge in [-0.15, -0.1) is 0 Å². The largest absolute Gasteiger partial charge is 0.390 e. The van der Waals surface area contributed by atoms with Crippen LogP contribution in [0.2, 0.25) is 0 Å². The summed E-state index contributed by atoms with van der Waals surface area (Å²) in [7, 11) is 0. The molecule has 1 atom stereocenters. The third-order valence-corrected chi connectivity index (χ3v) is 2.47. The fraction of sp³-hybridized carbons (Fsp3) is 0.500. The van der Waals surface area contributed by atoms with E-state index in [0.717, 1.165) is 0 Å². The first-order valence-corrected chi connectivity index (χ1v) is 5.69. The Kier molecular flexibility index (Phi) is 5.22. The molecule has 0 fully saturated rings. The zero-order valence-corrected chi connectivity index (χ0v) is 10.1. The molecule has 1 rings (SSSR count). The summed E-state index contributed by atoms with van der Waals surface area (Å²) in [5.41, 5.74) is -0.785. The van der Waals surface area contributed by atoms with Crippen LogP contribution in [0.15, 0.2) is 12.1 Å². The molecule has 1 nitrogen and oxygen atoms in total. The minimum atomic E-state index is -4.58. The Morgan fingerprint density at radius 1 is 1.11 bits per heavy atom. The van der Waals surface area contributed by atoms with Crippen molar-refractivity contribution >= 4 is 0 Å². The van der Waals surface area contributed by atoms with Crippen molar-refractivity contribution in [2.24, 2.45) is 0 Å².